The van der Waals surface area contributed by atoms with E-state index in [4.69, 9.17) is 19.9 Å². The van der Waals surface area contributed by atoms with Gasteiger partial charge in [0.15, 0.2) is 12.4 Å². The summed E-state index contributed by atoms with van der Waals surface area (Å²) in [5.41, 5.74) is 7.45. The Labute approximate surface area is 173 Å². The van der Waals surface area contributed by atoms with E-state index in [2.05, 4.69) is 20.3 Å². The number of nitrogens with two attached hydrogens (primary N) is 1. The number of fused-ring (bicyclic) bond motifs is 1. The molecule has 0 saturated carbocycles. The van der Waals surface area contributed by atoms with Crippen LogP contribution in [-0.4, -0.2) is 34.6 Å². The molecule has 1 aliphatic rings. The van der Waals surface area contributed by atoms with Crippen molar-refractivity contribution in [3.05, 3.63) is 59.9 Å². The van der Waals surface area contributed by atoms with Gasteiger partial charge in [-0.15, -0.1) is 0 Å². The lowest BCUT2D eigenvalue weighted by Crippen LogP contribution is -2.29. The molecule has 2 aromatic carbocycles. The first kappa shape index (κ1) is 19.4. The molecule has 0 amide bonds. The normalized spacial score (nSPS) is 14.9. The van der Waals surface area contributed by atoms with Gasteiger partial charge in [-0.1, -0.05) is 30.3 Å². The van der Waals surface area contributed by atoms with E-state index in [-0.39, 0.29) is 42.8 Å². The average Bonchev–Trinajstić information content (AvgIpc) is 2.77. The fourth-order valence-corrected chi connectivity index (χ4v) is 3.16. The predicted molar refractivity (Wildman–Crippen MR) is 109 cm³/mol. The number of aromatic nitrogens is 3. The van der Waals surface area contributed by atoms with Gasteiger partial charge in [-0.3, -0.25) is 4.79 Å². The van der Waals surface area contributed by atoms with Crippen molar-refractivity contribution in [1.29, 1.82) is 0 Å². The Hall–Kier alpha value is -3.88. The molecule has 4 rings (SSSR count). The number of ether oxygens (including phenoxy) is 3. The third-order valence-corrected chi connectivity index (χ3v) is 4.61. The highest BCUT2D eigenvalue weighted by molar-refractivity contribution is 5.73. The van der Waals surface area contributed by atoms with E-state index in [1.54, 1.807) is 13.2 Å². The predicted octanol–water partition coefficient (Wildman–Crippen LogP) is 2.50. The van der Waals surface area contributed by atoms with Gasteiger partial charge in [-0.05, 0) is 30.2 Å². The van der Waals surface area contributed by atoms with Crippen LogP contribution in [0.2, 0.25) is 0 Å². The van der Waals surface area contributed by atoms with Crippen molar-refractivity contribution in [2.24, 2.45) is 5.92 Å². The first-order chi connectivity index (χ1) is 14.6. The fourth-order valence-electron chi connectivity index (χ4n) is 3.16. The Morgan fingerprint density at radius 1 is 1.17 bits per heavy atom. The summed E-state index contributed by atoms with van der Waals surface area (Å²) in [7, 11) is 1.57. The van der Waals surface area contributed by atoms with E-state index < -0.39 is 0 Å². The largest absolute Gasteiger partial charge is 0.495 e. The maximum absolute atomic E-state index is 12.5. The zero-order chi connectivity index (χ0) is 20.9. The standard InChI is InChI=1S/C21H21N5O4/c1-28-17-9-5-3-7-15(17)23-21-25-18(24-20(22)26-21)12-30-19(27)14-10-13-6-2-4-8-16(13)29-11-14/h2-9,14H,10-12H2,1H3,(H3,22,23,24,25,26)/t14-/m0/s1. The smallest absolute Gasteiger partial charge is 0.313 e. The van der Waals surface area contributed by atoms with Crippen LogP contribution in [-0.2, 0) is 22.6 Å². The van der Waals surface area contributed by atoms with Gasteiger partial charge < -0.3 is 25.3 Å². The molecular formula is C21H21N5O4. The number of anilines is 3. The van der Waals surface area contributed by atoms with Gasteiger partial charge in [0.25, 0.3) is 0 Å². The lowest BCUT2D eigenvalue weighted by Gasteiger charge is -2.23. The van der Waals surface area contributed by atoms with Crippen molar-refractivity contribution >= 4 is 23.6 Å². The number of nitrogens with zero attached hydrogens (tertiary/aromatic N) is 3. The highest BCUT2D eigenvalue weighted by Crippen LogP contribution is 2.28. The lowest BCUT2D eigenvalue weighted by atomic mass is 9.97. The highest BCUT2D eigenvalue weighted by atomic mass is 16.5. The van der Waals surface area contributed by atoms with Gasteiger partial charge in [0.2, 0.25) is 11.9 Å². The Morgan fingerprint density at radius 2 is 1.97 bits per heavy atom. The summed E-state index contributed by atoms with van der Waals surface area (Å²) in [6, 6.07) is 15.0. The van der Waals surface area contributed by atoms with Crippen LogP contribution in [0.4, 0.5) is 17.6 Å². The molecule has 3 aromatic rings. The summed E-state index contributed by atoms with van der Waals surface area (Å²) in [5.74, 6) is 1.16. The van der Waals surface area contributed by atoms with Crippen LogP contribution in [0.25, 0.3) is 0 Å². The molecule has 0 unspecified atom stereocenters. The third-order valence-electron chi connectivity index (χ3n) is 4.61. The molecule has 2 heterocycles. The Kier molecular flexibility index (Phi) is 5.60. The summed E-state index contributed by atoms with van der Waals surface area (Å²) in [6.45, 7) is 0.153. The first-order valence-electron chi connectivity index (χ1n) is 9.40. The highest BCUT2D eigenvalue weighted by Gasteiger charge is 2.27. The minimum atomic E-state index is -0.384. The second-order valence-corrected chi connectivity index (χ2v) is 6.69. The van der Waals surface area contributed by atoms with Crippen molar-refractivity contribution in [2.75, 3.05) is 24.8 Å². The van der Waals surface area contributed by atoms with E-state index in [9.17, 15) is 4.79 Å². The summed E-state index contributed by atoms with van der Waals surface area (Å²) < 4.78 is 16.4. The van der Waals surface area contributed by atoms with Crippen molar-refractivity contribution < 1.29 is 19.0 Å². The van der Waals surface area contributed by atoms with Crippen LogP contribution < -0.4 is 20.5 Å². The number of nitrogens with one attached hydrogen (secondary N) is 1. The van der Waals surface area contributed by atoms with Crippen LogP contribution in [0, 0.1) is 5.92 Å². The number of hydrogen-bond acceptors (Lipinski definition) is 9. The van der Waals surface area contributed by atoms with E-state index in [0.717, 1.165) is 11.3 Å². The minimum absolute atomic E-state index is 0.0170. The zero-order valence-electron chi connectivity index (χ0n) is 16.4. The van der Waals surface area contributed by atoms with E-state index in [1.807, 2.05) is 42.5 Å². The SMILES string of the molecule is COc1ccccc1Nc1nc(N)nc(COC(=O)[C@@H]2COc3ccccc3C2)n1. The van der Waals surface area contributed by atoms with Gasteiger partial charge in [-0.2, -0.15) is 15.0 Å². The molecule has 9 nitrogen and oxygen atoms in total. The maximum Gasteiger partial charge on any atom is 0.313 e. The number of hydrogen-bond donors (Lipinski definition) is 2. The minimum Gasteiger partial charge on any atom is -0.495 e. The van der Waals surface area contributed by atoms with Crippen LogP contribution in [0.1, 0.15) is 11.4 Å². The zero-order valence-corrected chi connectivity index (χ0v) is 16.4. The van der Waals surface area contributed by atoms with Crippen molar-refractivity contribution in [2.45, 2.75) is 13.0 Å². The molecule has 0 aliphatic carbocycles. The molecule has 9 heteroatoms. The number of para-hydroxylation sites is 3. The topological polar surface area (TPSA) is 121 Å². The van der Waals surface area contributed by atoms with E-state index in [0.29, 0.717) is 17.9 Å². The molecule has 154 valence electrons. The molecule has 0 saturated heterocycles. The number of benzene rings is 2. The van der Waals surface area contributed by atoms with Crippen LogP contribution >= 0.6 is 0 Å². The number of esters is 1. The molecule has 1 aromatic heterocycles. The number of carbonyl (C=O) groups excluding carboxylic acids is 1. The van der Waals surface area contributed by atoms with Crippen LogP contribution in [0.3, 0.4) is 0 Å². The van der Waals surface area contributed by atoms with Crippen LogP contribution in [0.15, 0.2) is 48.5 Å². The molecule has 0 bridgehead atoms. The molecule has 30 heavy (non-hydrogen) atoms. The maximum atomic E-state index is 12.5. The molecule has 3 N–H and O–H groups in total. The van der Waals surface area contributed by atoms with Crippen molar-refractivity contribution in [1.82, 2.24) is 15.0 Å². The fraction of sp³-hybridized carbons (Fsp3) is 0.238. The van der Waals surface area contributed by atoms with Gasteiger partial charge in [0.05, 0.1) is 18.7 Å². The van der Waals surface area contributed by atoms with Gasteiger partial charge in [-0.25, -0.2) is 0 Å². The lowest BCUT2D eigenvalue weighted by molar-refractivity contribution is -0.151. The number of methoxy groups -OCH3 is 1. The van der Waals surface area contributed by atoms with E-state index in [1.165, 1.54) is 0 Å². The molecule has 0 fully saturated rings. The second kappa shape index (κ2) is 8.64. The Balaban J connectivity index is 1.41. The van der Waals surface area contributed by atoms with Gasteiger partial charge >= 0.3 is 5.97 Å². The molecule has 1 aliphatic heterocycles. The summed E-state index contributed by atoms with van der Waals surface area (Å²) in [5, 5.41) is 3.04. The van der Waals surface area contributed by atoms with Gasteiger partial charge in [0.1, 0.15) is 18.1 Å². The summed E-state index contributed by atoms with van der Waals surface area (Å²) in [6.07, 6.45) is 0.564. The molecule has 0 spiro atoms. The summed E-state index contributed by atoms with van der Waals surface area (Å²) >= 11 is 0. The quantitative estimate of drug-likeness (QED) is 0.594. The summed E-state index contributed by atoms with van der Waals surface area (Å²) in [4.78, 5) is 24.9. The monoisotopic (exact) mass is 407 g/mol. The third kappa shape index (κ3) is 4.40. The number of nitrogen functional groups attached to an aromatic ring is 1. The van der Waals surface area contributed by atoms with Crippen molar-refractivity contribution in [3.63, 3.8) is 0 Å². The Morgan fingerprint density at radius 3 is 2.83 bits per heavy atom. The van der Waals surface area contributed by atoms with Crippen LogP contribution in [0.5, 0.6) is 11.5 Å². The van der Waals surface area contributed by atoms with Gasteiger partial charge in [0, 0.05) is 0 Å². The van der Waals surface area contributed by atoms with E-state index >= 15 is 0 Å². The molecule has 1 atom stereocenters. The molecular weight excluding hydrogens is 386 g/mol. The molecule has 0 radical (unpaired) electrons. The number of carbonyl (C=O) groups is 1. The first-order valence-corrected chi connectivity index (χ1v) is 9.40. The average molecular weight is 407 g/mol. The second-order valence-electron chi connectivity index (χ2n) is 6.69. The Bertz CT molecular complexity index is 1060. The number of rotatable bonds is 6. The van der Waals surface area contributed by atoms with Crippen molar-refractivity contribution in [3.8, 4) is 11.5 Å².